The second kappa shape index (κ2) is 9.30. The predicted octanol–water partition coefficient (Wildman–Crippen LogP) is 3.22. The third-order valence-corrected chi connectivity index (χ3v) is 4.86. The molecule has 1 aliphatic rings. The molecule has 1 saturated heterocycles. The minimum absolute atomic E-state index is 0.0498. The molecule has 30 heavy (non-hydrogen) atoms. The van der Waals surface area contributed by atoms with Crippen molar-refractivity contribution in [3.63, 3.8) is 0 Å². The number of carbonyl (C=O) groups is 1. The van der Waals surface area contributed by atoms with Crippen molar-refractivity contribution in [2.45, 2.75) is 52.0 Å². The molecule has 2 aromatic rings. The van der Waals surface area contributed by atoms with Gasteiger partial charge >= 0.3 is 6.09 Å². The van der Waals surface area contributed by atoms with E-state index in [1.165, 1.54) is 0 Å². The van der Waals surface area contributed by atoms with E-state index in [9.17, 15) is 4.79 Å². The monoisotopic (exact) mass is 413 g/mol. The van der Waals surface area contributed by atoms with Crippen LogP contribution >= 0.6 is 0 Å². The number of aromatic nitrogens is 2. The van der Waals surface area contributed by atoms with E-state index in [0.29, 0.717) is 19.8 Å². The maximum absolute atomic E-state index is 12.4. The molecule has 8 heteroatoms. The zero-order valence-electron chi connectivity index (χ0n) is 18.2. The zero-order valence-corrected chi connectivity index (χ0v) is 18.2. The molecule has 1 fully saturated rings. The Morgan fingerprint density at radius 1 is 1.23 bits per heavy atom. The van der Waals surface area contributed by atoms with Crippen molar-refractivity contribution in [1.29, 1.82) is 0 Å². The molecule has 1 aromatic carbocycles. The Morgan fingerprint density at radius 3 is 2.67 bits per heavy atom. The fraction of sp³-hybridized carbons (Fsp3) is 0.500. The van der Waals surface area contributed by atoms with Crippen molar-refractivity contribution < 1.29 is 14.3 Å². The number of benzene rings is 1. The molecule has 162 valence electrons. The van der Waals surface area contributed by atoms with Crippen molar-refractivity contribution >= 4 is 17.9 Å². The number of likely N-dealkylation sites (N-methyl/N-ethyl adjacent to an activating group) is 1. The van der Waals surface area contributed by atoms with Gasteiger partial charge in [-0.3, -0.25) is 0 Å². The molecule has 0 aliphatic carbocycles. The summed E-state index contributed by atoms with van der Waals surface area (Å²) in [5, 5.41) is 0. The number of hydrogen-bond acceptors (Lipinski definition) is 7. The summed E-state index contributed by atoms with van der Waals surface area (Å²) in [7, 11) is 1.78. The first kappa shape index (κ1) is 21.8. The van der Waals surface area contributed by atoms with Gasteiger partial charge in [-0.2, -0.15) is 4.98 Å². The Labute approximate surface area is 178 Å². The van der Waals surface area contributed by atoms with Crippen LogP contribution < -0.4 is 10.6 Å². The van der Waals surface area contributed by atoms with Gasteiger partial charge in [0.25, 0.3) is 0 Å². The molecular weight excluding hydrogens is 382 g/mol. The topological polar surface area (TPSA) is 93.8 Å². The van der Waals surface area contributed by atoms with Gasteiger partial charge in [-0.05, 0) is 32.8 Å². The number of ether oxygens (including phenoxy) is 2. The Hall–Kier alpha value is -2.87. The van der Waals surface area contributed by atoms with Gasteiger partial charge in [0.15, 0.2) is 0 Å². The van der Waals surface area contributed by atoms with Crippen LogP contribution in [0, 0.1) is 0 Å². The highest BCUT2D eigenvalue weighted by Gasteiger charge is 2.31. The Bertz CT molecular complexity index is 854. The highest BCUT2D eigenvalue weighted by Crippen LogP contribution is 2.23. The van der Waals surface area contributed by atoms with Gasteiger partial charge in [-0.1, -0.05) is 30.3 Å². The van der Waals surface area contributed by atoms with Gasteiger partial charge in [-0.15, -0.1) is 0 Å². The second-order valence-electron chi connectivity index (χ2n) is 8.53. The van der Waals surface area contributed by atoms with Crippen LogP contribution in [-0.4, -0.2) is 52.7 Å². The molecule has 2 heterocycles. The molecule has 1 amide bonds. The summed E-state index contributed by atoms with van der Waals surface area (Å²) in [6.45, 7) is 7.89. The van der Waals surface area contributed by atoms with E-state index in [2.05, 4.69) is 14.9 Å². The average Bonchev–Trinajstić information content (AvgIpc) is 3.17. The summed E-state index contributed by atoms with van der Waals surface area (Å²) < 4.78 is 11.3. The van der Waals surface area contributed by atoms with E-state index in [0.717, 1.165) is 30.0 Å². The Balaban J connectivity index is 1.59. The third kappa shape index (κ3) is 6.06. The fourth-order valence-corrected chi connectivity index (χ4v) is 3.34. The smallest absolute Gasteiger partial charge is 0.410 e. The first-order chi connectivity index (χ1) is 14.2. The SMILES string of the molecule is CN(C(=O)OC(C)(C)C)[C@@H]1CCN(c2cc(COCc3ccccc3)nc(N)n2)C1. The molecule has 8 nitrogen and oxygen atoms in total. The molecule has 1 aromatic heterocycles. The molecule has 2 N–H and O–H groups in total. The summed E-state index contributed by atoms with van der Waals surface area (Å²) in [4.78, 5) is 24.8. The van der Waals surface area contributed by atoms with Crippen LogP contribution in [0.4, 0.5) is 16.6 Å². The standard InChI is InChI=1S/C22H31N5O3/c1-22(2,3)30-21(28)26(4)18-10-11-27(13-18)19-12-17(24-20(23)25-19)15-29-14-16-8-6-5-7-9-16/h5-9,12,18H,10-11,13-15H2,1-4H3,(H2,23,24,25)/t18-/m1/s1. The van der Waals surface area contributed by atoms with Crippen LogP contribution in [0.15, 0.2) is 36.4 Å². The van der Waals surface area contributed by atoms with Crippen molar-refractivity contribution in [2.75, 3.05) is 30.8 Å². The predicted molar refractivity (Wildman–Crippen MR) is 116 cm³/mol. The largest absolute Gasteiger partial charge is 0.444 e. The molecule has 0 radical (unpaired) electrons. The van der Waals surface area contributed by atoms with Gasteiger partial charge in [-0.25, -0.2) is 9.78 Å². The van der Waals surface area contributed by atoms with E-state index in [1.54, 1.807) is 11.9 Å². The van der Waals surface area contributed by atoms with Crippen molar-refractivity contribution in [1.82, 2.24) is 14.9 Å². The van der Waals surface area contributed by atoms with E-state index in [1.807, 2.05) is 57.2 Å². The maximum atomic E-state index is 12.4. The fourth-order valence-electron chi connectivity index (χ4n) is 3.34. The third-order valence-electron chi connectivity index (χ3n) is 4.86. The second-order valence-corrected chi connectivity index (χ2v) is 8.53. The number of rotatable bonds is 6. The van der Waals surface area contributed by atoms with Crippen LogP contribution in [-0.2, 0) is 22.7 Å². The van der Waals surface area contributed by atoms with Gasteiger partial charge in [0.2, 0.25) is 5.95 Å². The highest BCUT2D eigenvalue weighted by atomic mass is 16.6. The van der Waals surface area contributed by atoms with Crippen molar-refractivity contribution in [2.24, 2.45) is 0 Å². The lowest BCUT2D eigenvalue weighted by atomic mass is 10.2. The quantitative estimate of drug-likeness (QED) is 0.777. The first-order valence-corrected chi connectivity index (χ1v) is 10.2. The molecule has 0 bridgehead atoms. The molecular formula is C22H31N5O3. The number of nitrogen functional groups attached to an aromatic ring is 1. The zero-order chi connectivity index (χ0) is 21.7. The molecule has 3 rings (SSSR count). The lowest BCUT2D eigenvalue weighted by Gasteiger charge is -2.28. The number of hydrogen-bond donors (Lipinski definition) is 1. The number of nitrogens with two attached hydrogens (primary N) is 1. The number of carbonyl (C=O) groups excluding carboxylic acids is 1. The maximum Gasteiger partial charge on any atom is 0.410 e. The van der Waals surface area contributed by atoms with Gasteiger partial charge in [0.05, 0.1) is 24.9 Å². The normalized spacial score (nSPS) is 16.5. The lowest BCUT2D eigenvalue weighted by molar-refractivity contribution is 0.0238. The molecule has 1 atom stereocenters. The van der Waals surface area contributed by atoms with Crippen LogP contribution in [0.25, 0.3) is 0 Å². The molecule has 0 saturated carbocycles. The molecule has 0 unspecified atom stereocenters. The molecule has 0 spiro atoms. The lowest BCUT2D eigenvalue weighted by Crippen LogP contribution is -2.42. The van der Waals surface area contributed by atoms with E-state index < -0.39 is 5.60 Å². The van der Waals surface area contributed by atoms with E-state index in [4.69, 9.17) is 15.2 Å². The number of amides is 1. The number of anilines is 2. The average molecular weight is 414 g/mol. The van der Waals surface area contributed by atoms with Gasteiger partial charge < -0.3 is 25.0 Å². The number of nitrogens with zero attached hydrogens (tertiary/aromatic N) is 4. The summed E-state index contributed by atoms with van der Waals surface area (Å²) in [5.41, 5.74) is 7.26. The first-order valence-electron chi connectivity index (χ1n) is 10.2. The summed E-state index contributed by atoms with van der Waals surface area (Å²) >= 11 is 0. The van der Waals surface area contributed by atoms with Crippen LogP contribution in [0.3, 0.4) is 0 Å². The summed E-state index contributed by atoms with van der Waals surface area (Å²) in [6, 6.07) is 11.9. The Kier molecular flexibility index (Phi) is 6.77. The Morgan fingerprint density at radius 2 is 1.97 bits per heavy atom. The van der Waals surface area contributed by atoms with Gasteiger partial charge in [0.1, 0.15) is 11.4 Å². The van der Waals surface area contributed by atoms with Crippen molar-refractivity contribution in [3.05, 3.63) is 47.7 Å². The van der Waals surface area contributed by atoms with Crippen molar-refractivity contribution in [3.8, 4) is 0 Å². The molecule has 1 aliphatic heterocycles. The van der Waals surface area contributed by atoms with Crippen LogP contribution in [0.2, 0.25) is 0 Å². The van der Waals surface area contributed by atoms with Crippen LogP contribution in [0.1, 0.15) is 38.4 Å². The van der Waals surface area contributed by atoms with Gasteiger partial charge in [0, 0.05) is 26.2 Å². The minimum atomic E-state index is -0.514. The highest BCUT2D eigenvalue weighted by molar-refractivity contribution is 5.68. The van der Waals surface area contributed by atoms with E-state index in [-0.39, 0.29) is 18.1 Å². The van der Waals surface area contributed by atoms with E-state index >= 15 is 0 Å². The van der Waals surface area contributed by atoms with Crippen LogP contribution in [0.5, 0.6) is 0 Å². The summed E-state index contributed by atoms with van der Waals surface area (Å²) in [6.07, 6.45) is 0.519. The minimum Gasteiger partial charge on any atom is -0.444 e. The summed E-state index contributed by atoms with van der Waals surface area (Å²) in [5.74, 6) is 0.968.